The standard InChI is InChI=1S/C22H31N5O4/c1-4-6-12-27-20(23)19(21(29)24-22(27)30)26(5-2)18(28)14-25-11-7-8-15-13-16(31-3)9-10-17(15)25/h9-10,13H,4-8,11-12,14,23H2,1-3H3,(H,24,29,30). The van der Waals surface area contributed by atoms with E-state index >= 15 is 0 Å². The van der Waals surface area contributed by atoms with Gasteiger partial charge in [-0.05, 0) is 49.9 Å². The summed E-state index contributed by atoms with van der Waals surface area (Å²) in [5.41, 5.74) is 7.17. The number of aromatic nitrogens is 2. The Morgan fingerprint density at radius 3 is 2.74 bits per heavy atom. The minimum Gasteiger partial charge on any atom is -0.497 e. The fraction of sp³-hybridized carbons (Fsp3) is 0.500. The first kappa shape index (κ1) is 22.5. The maximum atomic E-state index is 13.3. The summed E-state index contributed by atoms with van der Waals surface area (Å²) in [6, 6.07) is 5.84. The maximum absolute atomic E-state index is 13.3. The highest BCUT2D eigenvalue weighted by Crippen LogP contribution is 2.30. The van der Waals surface area contributed by atoms with E-state index in [1.165, 1.54) is 9.47 Å². The smallest absolute Gasteiger partial charge is 0.330 e. The third kappa shape index (κ3) is 4.60. The lowest BCUT2D eigenvalue weighted by Crippen LogP contribution is -2.46. The summed E-state index contributed by atoms with van der Waals surface area (Å²) in [7, 11) is 1.63. The molecule has 1 aromatic heterocycles. The van der Waals surface area contributed by atoms with Crippen molar-refractivity contribution in [1.29, 1.82) is 0 Å². The zero-order valence-electron chi connectivity index (χ0n) is 18.4. The van der Waals surface area contributed by atoms with Gasteiger partial charge < -0.3 is 20.3 Å². The Kier molecular flexibility index (Phi) is 7.04. The second-order valence-corrected chi connectivity index (χ2v) is 7.66. The van der Waals surface area contributed by atoms with Crippen molar-refractivity contribution in [3.63, 3.8) is 0 Å². The number of ether oxygens (including phenoxy) is 1. The van der Waals surface area contributed by atoms with Gasteiger partial charge in [0.15, 0.2) is 5.69 Å². The van der Waals surface area contributed by atoms with Gasteiger partial charge in [0.25, 0.3) is 5.56 Å². The van der Waals surface area contributed by atoms with Crippen LogP contribution in [0.5, 0.6) is 5.75 Å². The second kappa shape index (κ2) is 9.72. The van der Waals surface area contributed by atoms with Crippen LogP contribution in [0.15, 0.2) is 27.8 Å². The summed E-state index contributed by atoms with van der Waals surface area (Å²) in [5.74, 6) is 0.570. The van der Waals surface area contributed by atoms with Crippen LogP contribution in [0.1, 0.15) is 38.7 Å². The van der Waals surface area contributed by atoms with E-state index in [0.29, 0.717) is 6.54 Å². The van der Waals surface area contributed by atoms with Crippen molar-refractivity contribution in [2.75, 3.05) is 42.3 Å². The Labute approximate surface area is 181 Å². The molecule has 3 rings (SSSR count). The molecule has 0 spiro atoms. The van der Waals surface area contributed by atoms with E-state index in [4.69, 9.17) is 10.5 Å². The van der Waals surface area contributed by atoms with Gasteiger partial charge in [0.1, 0.15) is 11.6 Å². The summed E-state index contributed by atoms with van der Waals surface area (Å²) in [6.45, 7) is 5.29. The monoisotopic (exact) mass is 429 g/mol. The van der Waals surface area contributed by atoms with Gasteiger partial charge in [-0.25, -0.2) is 4.79 Å². The molecule has 31 heavy (non-hydrogen) atoms. The molecule has 2 heterocycles. The molecule has 1 amide bonds. The van der Waals surface area contributed by atoms with E-state index in [-0.39, 0.29) is 30.5 Å². The van der Waals surface area contributed by atoms with Crippen LogP contribution in [0, 0.1) is 0 Å². The average molecular weight is 430 g/mol. The highest BCUT2D eigenvalue weighted by Gasteiger charge is 2.26. The third-order valence-corrected chi connectivity index (χ3v) is 5.66. The molecule has 9 heteroatoms. The van der Waals surface area contributed by atoms with Crippen molar-refractivity contribution in [2.45, 2.75) is 46.1 Å². The zero-order chi connectivity index (χ0) is 22.5. The van der Waals surface area contributed by atoms with E-state index in [9.17, 15) is 14.4 Å². The molecule has 1 aromatic carbocycles. The highest BCUT2D eigenvalue weighted by molar-refractivity contribution is 5.98. The topological polar surface area (TPSA) is 114 Å². The van der Waals surface area contributed by atoms with E-state index in [2.05, 4.69) is 4.98 Å². The van der Waals surface area contributed by atoms with E-state index < -0.39 is 11.2 Å². The van der Waals surface area contributed by atoms with Crippen LogP contribution < -0.4 is 31.5 Å². The van der Waals surface area contributed by atoms with Crippen molar-refractivity contribution in [2.24, 2.45) is 0 Å². The van der Waals surface area contributed by atoms with Crippen LogP contribution in [0.25, 0.3) is 0 Å². The Balaban J connectivity index is 1.90. The Bertz CT molecular complexity index is 1060. The number of nitrogen functional groups attached to an aromatic ring is 1. The van der Waals surface area contributed by atoms with Gasteiger partial charge in [-0.2, -0.15) is 0 Å². The van der Waals surface area contributed by atoms with Crippen LogP contribution in [0.2, 0.25) is 0 Å². The fourth-order valence-electron chi connectivity index (χ4n) is 4.03. The number of nitrogens with two attached hydrogens (primary N) is 1. The molecule has 1 aliphatic heterocycles. The molecule has 168 valence electrons. The summed E-state index contributed by atoms with van der Waals surface area (Å²) in [5, 5.41) is 0. The van der Waals surface area contributed by atoms with Gasteiger partial charge in [-0.3, -0.25) is 19.1 Å². The number of benzene rings is 1. The molecule has 0 atom stereocenters. The van der Waals surface area contributed by atoms with Gasteiger partial charge in [0, 0.05) is 25.3 Å². The minimum atomic E-state index is -0.644. The van der Waals surface area contributed by atoms with E-state index in [0.717, 1.165) is 49.2 Å². The van der Waals surface area contributed by atoms with Crippen LogP contribution in [-0.4, -0.2) is 42.2 Å². The minimum absolute atomic E-state index is 0.0289. The number of aromatic amines is 1. The number of H-pyrrole nitrogens is 1. The van der Waals surface area contributed by atoms with Crippen molar-refractivity contribution in [3.05, 3.63) is 44.6 Å². The molecule has 0 saturated carbocycles. The number of unbranched alkanes of at least 4 members (excludes halogenated alkanes) is 1. The SMILES string of the molecule is CCCCn1c(N)c(N(CC)C(=O)CN2CCCc3cc(OC)ccc32)c(=O)[nH]c1=O. The summed E-state index contributed by atoms with van der Waals surface area (Å²) < 4.78 is 6.64. The normalized spacial score (nSPS) is 13.1. The highest BCUT2D eigenvalue weighted by atomic mass is 16.5. The predicted octanol–water partition coefficient (Wildman–Crippen LogP) is 1.73. The summed E-state index contributed by atoms with van der Waals surface area (Å²) in [6.07, 6.45) is 3.45. The molecular formula is C22H31N5O4. The molecule has 2 aromatic rings. The third-order valence-electron chi connectivity index (χ3n) is 5.66. The number of amides is 1. The molecule has 9 nitrogen and oxygen atoms in total. The summed E-state index contributed by atoms with van der Waals surface area (Å²) in [4.78, 5) is 43.7. The quantitative estimate of drug-likeness (QED) is 0.661. The number of carbonyl (C=O) groups is 1. The number of likely N-dealkylation sites (N-methyl/N-ethyl adjacent to an activating group) is 1. The van der Waals surface area contributed by atoms with Crippen LogP contribution in [0.4, 0.5) is 17.2 Å². The molecule has 0 unspecified atom stereocenters. The van der Waals surface area contributed by atoms with Crippen LogP contribution in [0.3, 0.4) is 0 Å². The molecule has 0 radical (unpaired) electrons. The molecule has 0 fully saturated rings. The maximum Gasteiger partial charge on any atom is 0.330 e. The number of methoxy groups -OCH3 is 1. The van der Waals surface area contributed by atoms with Crippen LogP contribution >= 0.6 is 0 Å². The summed E-state index contributed by atoms with van der Waals surface area (Å²) >= 11 is 0. The number of hydrogen-bond acceptors (Lipinski definition) is 6. The number of fused-ring (bicyclic) bond motifs is 1. The first-order valence-corrected chi connectivity index (χ1v) is 10.8. The van der Waals surface area contributed by atoms with Crippen molar-refractivity contribution >= 4 is 23.1 Å². The Hall–Kier alpha value is -3.23. The molecule has 1 aliphatic rings. The van der Waals surface area contributed by atoms with Crippen LogP contribution in [-0.2, 0) is 17.8 Å². The lowest BCUT2D eigenvalue weighted by Gasteiger charge is -2.33. The molecule has 0 saturated heterocycles. The first-order valence-electron chi connectivity index (χ1n) is 10.8. The van der Waals surface area contributed by atoms with E-state index in [1.807, 2.05) is 30.0 Å². The second-order valence-electron chi connectivity index (χ2n) is 7.66. The Morgan fingerprint density at radius 2 is 2.06 bits per heavy atom. The molecule has 3 N–H and O–H groups in total. The lowest BCUT2D eigenvalue weighted by atomic mass is 10.0. The Morgan fingerprint density at radius 1 is 1.29 bits per heavy atom. The number of aryl methyl sites for hydroxylation is 1. The molecular weight excluding hydrogens is 398 g/mol. The number of nitrogens with one attached hydrogen (secondary N) is 1. The van der Waals surface area contributed by atoms with Gasteiger partial charge in [0.05, 0.1) is 13.7 Å². The number of anilines is 3. The molecule has 0 aliphatic carbocycles. The molecule has 0 bridgehead atoms. The van der Waals surface area contributed by atoms with Gasteiger partial charge in [-0.1, -0.05) is 13.3 Å². The first-order chi connectivity index (χ1) is 14.9. The number of nitrogens with zero attached hydrogens (tertiary/aromatic N) is 3. The lowest BCUT2D eigenvalue weighted by molar-refractivity contribution is -0.117. The fourth-order valence-corrected chi connectivity index (χ4v) is 4.03. The van der Waals surface area contributed by atoms with Crippen molar-refractivity contribution in [1.82, 2.24) is 9.55 Å². The van der Waals surface area contributed by atoms with Gasteiger partial charge >= 0.3 is 5.69 Å². The largest absolute Gasteiger partial charge is 0.497 e. The number of hydrogen-bond donors (Lipinski definition) is 2. The average Bonchev–Trinajstić information content (AvgIpc) is 2.76. The predicted molar refractivity (Wildman–Crippen MR) is 122 cm³/mol. The number of rotatable bonds is 8. The van der Waals surface area contributed by atoms with Gasteiger partial charge in [-0.15, -0.1) is 0 Å². The van der Waals surface area contributed by atoms with Crippen molar-refractivity contribution in [3.8, 4) is 5.75 Å². The van der Waals surface area contributed by atoms with Gasteiger partial charge in [0.2, 0.25) is 5.91 Å². The number of carbonyl (C=O) groups excluding carboxylic acids is 1. The van der Waals surface area contributed by atoms with E-state index in [1.54, 1.807) is 14.0 Å². The zero-order valence-corrected chi connectivity index (χ0v) is 18.4. The van der Waals surface area contributed by atoms with Crippen molar-refractivity contribution < 1.29 is 9.53 Å².